The van der Waals surface area contributed by atoms with Crippen molar-refractivity contribution >= 4 is 34.3 Å². The number of nitrogens with zero attached hydrogens (tertiary/aromatic N) is 5. The number of aromatic nitrogens is 1. The van der Waals surface area contributed by atoms with Gasteiger partial charge in [-0.3, -0.25) is 9.59 Å². The molecule has 0 saturated heterocycles. The van der Waals surface area contributed by atoms with Gasteiger partial charge in [0.1, 0.15) is 34.3 Å². The van der Waals surface area contributed by atoms with Crippen LogP contribution in [0.25, 0.3) is 11.4 Å². The number of ketones is 2. The number of azo groups is 2. The molecular weight excluding hydrogens is 723 g/mol. The van der Waals surface area contributed by atoms with E-state index in [1.54, 1.807) is 14.2 Å². The summed E-state index contributed by atoms with van der Waals surface area (Å²) in [4.78, 5) is 33.3. The Balaban J connectivity index is 1.89. The van der Waals surface area contributed by atoms with E-state index in [1.165, 1.54) is 0 Å². The highest BCUT2D eigenvalue weighted by Crippen LogP contribution is 2.43. The molecule has 0 aliphatic heterocycles. The summed E-state index contributed by atoms with van der Waals surface area (Å²) in [6, 6.07) is 20.4. The Morgan fingerprint density at radius 2 is 0.776 bits per heavy atom. The number of methoxy groups -OCH3 is 2. The van der Waals surface area contributed by atoms with E-state index in [-0.39, 0.29) is 11.6 Å². The van der Waals surface area contributed by atoms with Crippen LogP contribution >= 0.6 is 0 Å². The van der Waals surface area contributed by atoms with Crippen LogP contribution in [-0.2, 0) is 9.59 Å². The molecule has 2 aliphatic rings. The number of benzene rings is 2. The molecule has 9 heteroatoms. The van der Waals surface area contributed by atoms with Crippen molar-refractivity contribution in [2.45, 2.75) is 83.1 Å². The number of carbonyl (C=O) groups excluding carboxylic acids is 2. The van der Waals surface area contributed by atoms with E-state index >= 15 is 0 Å². The number of allylic oxidation sites excluding steroid dienone is 10. The Bertz CT molecular complexity index is 2140. The maximum atomic E-state index is 14.0. The molecule has 2 aromatic carbocycles. The van der Waals surface area contributed by atoms with E-state index in [1.807, 2.05) is 174 Å². The predicted molar refractivity (Wildman–Crippen MR) is 233 cm³/mol. The van der Waals surface area contributed by atoms with Crippen LogP contribution in [0.3, 0.4) is 0 Å². The van der Waals surface area contributed by atoms with Crippen LogP contribution in [-0.4, -0.2) is 30.8 Å². The normalized spacial score (nSPS) is 15.7. The van der Waals surface area contributed by atoms with Gasteiger partial charge in [-0.15, -0.1) is 20.5 Å². The summed E-state index contributed by atoms with van der Waals surface area (Å²) < 4.78 is 11.2. The maximum absolute atomic E-state index is 14.0. The van der Waals surface area contributed by atoms with Crippen LogP contribution in [0.4, 0.5) is 11.4 Å². The number of ether oxygens (including phenoxy) is 2. The zero-order chi connectivity index (χ0) is 42.8. The highest BCUT2D eigenvalue weighted by Gasteiger charge is 2.36. The van der Waals surface area contributed by atoms with Crippen molar-refractivity contribution in [2.24, 2.45) is 42.1 Å². The monoisotopic (exact) mass is 779 g/mol. The van der Waals surface area contributed by atoms with Crippen LogP contribution in [0.5, 0.6) is 11.5 Å². The summed E-state index contributed by atoms with van der Waals surface area (Å²) in [6.45, 7) is 24.4. The standard InChI is InChI=1S/C49H57N5O4/c1-46(2,3)32-26-30(27-33(44(32)55)47(4,5)6)42(53-51-36-20-15-17-24-40(36)57-13)38-22-19-23-39(50-38)43(54-52-37-21-16-18-25-41(37)58-14)31-28-34(48(7,8)9)45(56)35(29-31)49(10,11)12/h15-29H,1-14H3. The lowest BCUT2D eigenvalue weighted by Gasteiger charge is -2.31. The first kappa shape index (κ1) is 43.3. The van der Waals surface area contributed by atoms with Gasteiger partial charge in [-0.05, 0) is 82.4 Å². The van der Waals surface area contributed by atoms with Crippen molar-refractivity contribution in [1.29, 1.82) is 0 Å². The van der Waals surface area contributed by atoms with Crippen molar-refractivity contribution in [3.05, 3.63) is 136 Å². The molecule has 0 unspecified atom stereocenters. The first-order chi connectivity index (χ1) is 27.0. The zero-order valence-electron chi connectivity index (χ0n) is 36.5. The molecule has 302 valence electrons. The molecule has 2 aliphatic carbocycles. The SMILES string of the molecule is COc1ccccc1N=NC(=C1C=C(C(C)(C)C)C(=O)C(C(C)(C)C)=C1)c1cccc(C(N=Nc2ccccc2OC)=C2C=C(C(C)(C)C)C(=O)C(C(C)(C)C)=C2)n1. The lowest BCUT2D eigenvalue weighted by Crippen LogP contribution is -2.28. The van der Waals surface area contributed by atoms with E-state index in [4.69, 9.17) is 34.9 Å². The number of pyridine rings is 1. The highest BCUT2D eigenvalue weighted by atomic mass is 16.5. The van der Waals surface area contributed by atoms with Gasteiger partial charge in [-0.2, -0.15) is 0 Å². The van der Waals surface area contributed by atoms with Crippen LogP contribution in [0.15, 0.2) is 145 Å². The molecule has 5 rings (SSSR count). The molecule has 0 atom stereocenters. The zero-order valence-corrected chi connectivity index (χ0v) is 36.5. The first-order valence-corrected chi connectivity index (χ1v) is 19.6. The molecule has 0 radical (unpaired) electrons. The Labute approximate surface area is 344 Å². The van der Waals surface area contributed by atoms with Crippen molar-refractivity contribution < 1.29 is 19.1 Å². The summed E-state index contributed by atoms with van der Waals surface area (Å²) in [7, 11) is 3.18. The van der Waals surface area contributed by atoms with Gasteiger partial charge in [0, 0.05) is 33.4 Å². The van der Waals surface area contributed by atoms with Crippen molar-refractivity contribution in [2.75, 3.05) is 14.2 Å². The van der Waals surface area contributed by atoms with Crippen LogP contribution < -0.4 is 9.47 Å². The van der Waals surface area contributed by atoms with E-state index in [9.17, 15) is 9.59 Å². The van der Waals surface area contributed by atoms with E-state index < -0.39 is 21.7 Å². The third-order valence-corrected chi connectivity index (χ3v) is 9.88. The predicted octanol–water partition coefficient (Wildman–Crippen LogP) is 13.1. The fraction of sp³-hybridized carbons (Fsp3) is 0.367. The number of carbonyl (C=O) groups is 2. The van der Waals surface area contributed by atoms with Gasteiger partial charge in [0.05, 0.1) is 25.6 Å². The molecule has 3 aromatic rings. The van der Waals surface area contributed by atoms with Crippen LogP contribution in [0.2, 0.25) is 0 Å². The Hall–Kier alpha value is -5.83. The molecule has 1 heterocycles. The second-order valence-electron chi connectivity index (χ2n) is 18.6. The minimum absolute atomic E-state index is 0.00461. The summed E-state index contributed by atoms with van der Waals surface area (Å²) in [5.41, 5.74) is 5.14. The average molecular weight is 780 g/mol. The van der Waals surface area contributed by atoms with Gasteiger partial charge in [0.2, 0.25) is 0 Å². The van der Waals surface area contributed by atoms with Gasteiger partial charge in [-0.25, -0.2) is 4.98 Å². The van der Waals surface area contributed by atoms with Gasteiger partial charge in [0.15, 0.2) is 11.6 Å². The molecule has 9 nitrogen and oxygen atoms in total. The fourth-order valence-corrected chi connectivity index (χ4v) is 6.60. The van der Waals surface area contributed by atoms with E-state index in [2.05, 4.69) is 0 Å². The second kappa shape index (κ2) is 16.6. The smallest absolute Gasteiger partial charge is 0.186 e. The molecule has 0 N–H and O–H groups in total. The van der Waals surface area contributed by atoms with Gasteiger partial charge in [0.25, 0.3) is 0 Å². The second-order valence-corrected chi connectivity index (χ2v) is 18.6. The molecule has 58 heavy (non-hydrogen) atoms. The molecule has 0 amide bonds. The van der Waals surface area contributed by atoms with Crippen LogP contribution in [0.1, 0.15) is 94.5 Å². The quantitative estimate of drug-likeness (QED) is 0.211. The minimum atomic E-state index is -0.462. The Morgan fingerprint density at radius 1 is 0.466 bits per heavy atom. The molecule has 0 saturated carbocycles. The molecule has 0 bridgehead atoms. The topological polar surface area (TPSA) is 115 Å². The average Bonchev–Trinajstić information content (AvgIpc) is 3.14. The van der Waals surface area contributed by atoms with Gasteiger partial charge >= 0.3 is 0 Å². The molecule has 0 spiro atoms. The summed E-state index contributed by atoms with van der Waals surface area (Å²) in [5.74, 6) is 1.13. The molecule has 1 aromatic heterocycles. The van der Waals surface area contributed by atoms with E-state index in [0.717, 1.165) is 0 Å². The number of hydrogen-bond acceptors (Lipinski definition) is 9. The first-order valence-electron chi connectivity index (χ1n) is 19.6. The largest absolute Gasteiger partial charge is 0.494 e. The van der Waals surface area contributed by atoms with Crippen molar-refractivity contribution in [3.8, 4) is 11.5 Å². The van der Waals surface area contributed by atoms with Gasteiger partial charge in [-0.1, -0.05) is 113 Å². The number of para-hydroxylation sites is 2. The number of rotatable bonds is 8. The lowest BCUT2D eigenvalue weighted by atomic mass is 9.71. The van der Waals surface area contributed by atoms with Crippen molar-refractivity contribution in [1.82, 2.24) is 4.98 Å². The van der Waals surface area contributed by atoms with Crippen molar-refractivity contribution in [3.63, 3.8) is 0 Å². The van der Waals surface area contributed by atoms with Crippen LogP contribution in [0, 0.1) is 21.7 Å². The third-order valence-electron chi connectivity index (χ3n) is 9.88. The minimum Gasteiger partial charge on any atom is -0.494 e. The third kappa shape index (κ3) is 9.64. The molecular formula is C49H57N5O4. The maximum Gasteiger partial charge on any atom is 0.186 e. The van der Waals surface area contributed by atoms with E-state index in [0.29, 0.717) is 79.1 Å². The highest BCUT2D eigenvalue weighted by molar-refractivity contribution is 6.13. The van der Waals surface area contributed by atoms with Gasteiger partial charge < -0.3 is 9.47 Å². The Kier molecular flexibility index (Phi) is 12.4. The number of Topliss-reactive ketones (excluding diaryl/α,β-unsaturated/α-hetero) is 2. The lowest BCUT2D eigenvalue weighted by molar-refractivity contribution is -0.114. The summed E-state index contributed by atoms with van der Waals surface area (Å²) in [6.07, 6.45) is 7.64. The summed E-state index contributed by atoms with van der Waals surface area (Å²) >= 11 is 0. The fourth-order valence-electron chi connectivity index (χ4n) is 6.60. The summed E-state index contributed by atoms with van der Waals surface area (Å²) in [5, 5.41) is 19.2. The molecule has 0 fully saturated rings. The Morgan fingerprint density at radius 3 is 1.07 bits per heavy atom. The number of hydrogen-bond donors (Lipinski definition) is 0.